The van der Waals surface area contributed by atoms with Gasteiger partial charge in [0, 0.05) is 6.42 Å². The van der Waals surface area contributed by atoms with Crippen LogP contribution in [0, 0.1) is 11.7 Å². The van der Waals surface area contributed by atoms with Crippen molar-refractivity contribution in [2.24, 2.45) is 11.7 Å². The molecule has 1 unspecified atom stereocenters. The lowest BCUT2D eigenvalue weighted by Gasteiger charge is -2.15. The van der Waals surface area contributed by atoms with Crippen LogP contribution in [0.1, 0.15) is 44.7 Å². The summed E-state index contributed by atoms with van der Waals surface area (Å²) in [4.78, 5) is 11.8. The van der Waals surface area contributed by atoms with Crippen LogP contribution < -0.4 is 11.1 Å². The van der Waals surface area contributed by atoms with E-state index in [1.54, 1.807) is 12.1 Å². The van der Waals surface area contributed by atoms with Crippen LogP contribution in [0.4, 0.5) is 4.39 Å². The Morgan fingerprint density at radius 2 is 1.89 bits per heavy atom. The summed E-state index contributed by atoms with van der Waals surface area (Å²) in [5.74, 6) is 0.232. The Morgan fingerprint density at radius 3 is 2.47 bits per heavy atom. The van der Waals surface area contributed by atoms with Crippen LogP contribution in [0.2, 0.25) is 0 Å². The van der Waals surface area contributed by atoms with Gasteiger partial charge in [-0.25, -0.2) is 4.39 Å². The summed E-state index contributed by atoms with van der Waals surface area (Å²) in [5.41, 5.74) is 6.38. The molecular weight excluding hydrogens is 243 g/mol. The van der Waals surface area contributed by atoms with E-state index < -0.39 is 0 Å². The Hall–Kier alpha value is -1.42. The highest BCUT2D eigenvalue weighted by Crippen LogP contribution is 2.14. The number of nitrogens with two attached hydrogens (primary N) is 1. The number of nitrogens with one attached hydrogen (secondary N) is 1. The van der Waals surface area contributed by atoms with Crippen LogP contribution in [-0.2, 0) is 4.79 Å². The summed E-state index contributed by atoms with van der Waals surface area (Å²) in [7, 11) is 0. The number of hydrogen-bond donors (Lipinski definition) is 2. The van der Waals surface area contributed by atoms with Crippen molar-refractivity contribution in [2.75, 3.05) is 6.54 Å². The largest absolute Gasteiger partial charge is 0.350 e. The van der Waals surface area contributed by atoms with Crippen molar-refractivity contribution in [2.45, 2.75) is 39.2 Å². The first-order valence-electron chi connectivity index (χ1n) is 6.77. The molecule has 0 aliphatic carbocycles. The molecular formula is C15H23FN2O. The molecule has 3 nitrogen and oxygen atoms in total. The van der Waals surface area contributed by atoms with Gasteiger partial charge in [-0.1, -0.05) is 19.1 Å². The molecule has 1 aromatic carbocycles. The molecule has 0 saturated carbocycles. The third-order valence-electron chi connectivity index (χ3n) is 3.27. The van der Waals surface area contributed by atoms with Crippen molar-refractivity contribution in [3.63, 3.8) is 0 Å². The van der Waals surface area contributed by atoms with E-state index in [-0.39, 0.29) is 17.8 Å². The molecule has 3 N–H and O–H groups in total. The van der Waals surface area contributed by atoms with Gasteiger partial charge in [-0.3, -0.25) is 4.79 Å². The summed E-state index contributed by atoms with van der Waals surface area (Å²) >= 11 is 0. The molecule has 106 valence electrons. The fourth-order valence-electron chi connectivity index (χ4n) is 1.95. The topological polar surface area (TPSA) is 55.1 Å². The van der Waals surface area contributed by atoms with E-state index in [1.807, 2.05) is 6.92 Å². The fraction of sp³-hybridized carbons (Fsp3) is 0.533. The van der Waals surface area contributed by atoms with Gasteiger partial charge in [0.25, 0.3) is 0 Å². The van der Waals surface area contributed by atoms with Gasteiger partial charge in [-0.05, 0) is 49.9 Å². The van der Waals surface area contributed by atoms with Crippen molar-refractivity contribution in [3.05, 3.63) is 35.6 Å². The fourth-order valence-corrected chi connectivity index (χ4v) is 1.95. The number of rotatable bonds is 7. The molecule has 0 saturated heterocycles. The van der Waals surface area contributed by atoms with Gasteiger partial charge in [0.1, 0.15) is 5.82 Å². The maximum absolute atomic E-state index is 12.8. The minimum Gasteiger partial charge on any atom is -0.350 e. The average Bonchev–Trinajstić information content (AvgIpc) is 2.37. The lowest BCUT2D eigenvalue weighted by Crippen LogP contribution is -2.26. The zero-order chi connectivity index (χ0) is 14.3. The molecule has 1 rings (SSSR count). The Bertz CT molecular complexity index is 392. The summed E-state index contributed by atoms with van der Waals surface area (Å²) < 4.78 is 12.8. The SMILES string of the molecule is CC(CCN)CCC(=O)N[C@@H](C)c1ccc(F)cc1. The van der Waals surface area contributed by atoms with Crippen LogP contribution in [0.3, 0.4) is 0 Å². The van der Waals surface area contributed by atoms with Gasteiger partial charge in [0.15, 0.2) is 0 Å². The van der Waals surface area contributed by atoms with Crippen LogP contribution >= 0.6 is 0 Å². The molecule has 1 amide bonds. The lowest BCUT2D eigenvalue weighted by atomic mass is 10.0. The van der Waals surface area contributed by atoms with E-state index >= 15 is 0 Å². The monoisotopic (exact) mass is 266 g/mol. The van der Waals surface area contributed by atoms with Crippen LogP contribution in [-0.4, -0.2) is 12.5 Å². The minimum atomic E-state index is -0.266. The Kier molecular flexibility index (Phi) is 6.50. The number of hydrogen-bond acceptors (Lipinski definition) is 2. The van der Waals surface area contributed by atoms with E-state index in [1.165, 1.54) is 12.1 Å². The zero-order valence-electron chi connectivity index (χ0n) is 11.7. The molecule has 0 heterocycles. The maximum Gasteiger partial charge on any atom is 0.220 e. The normalized spacial score (nSPS) is 13.9. The first-order valence-corrected chi connectivity index (χ1v) is 6.77. The minimum absolute atomic E-state index is 0.0284. The molecule has 4 heteroatoms. The predicted molar refractivity (Wildman–Crippen MR) is 75.0 cm³/mol. The number of amides is 1. The molecule has 0 radical (unpaired) electrons. The van der Waals surface area contributed by atoms with Crippen LogP contribution in [0.5, 0.6) is 0 Å². The van der Waals surface area contributed by atoms with Gasteiger partial charge in [0.05, 0.1) is 6.04 Å². The Balaban J connectivity index is 2.37. The van der Waals surface area contributed by atoms with Gasteiger partial charge in [-0.15, -0.1) is 0 Å². The van der Waals surface area contributed by atoms with Gasteiger partial charge in [-0.2, -0.15) is 0 Å². The maximum atomic E-state index is 12.8. The molecule has 0 aromatic heterocycles. The Morgan fingerprint density at radius 1 is 1.26 bits per heavy atom. The summed E-state index contributed by atoms with van der Waals surface area (Å²) in [6, 6.07) is 6.09. The zero-order valence-corrected chi connectivity index (χ0v) is 11.7. The summed E-state index contributed by atoms with van der Waals surface area (Å²) in [5, 5.41) is 2.92. The van der Waals surface area contributed by atoms with Crippen molar-refractivity contribution >= 4 is 5.91 Å². The predicted octanol–water partition coefficient (Wildman–Crippen LogP) is 2.77. The first kappa shape index (κ1) is 15.6. The third kappa shape index (κ3) is 5.83. The van der Waals surface area contributed by atoms with Gasteiger partial charge >= 0.3 is 0 Å². The lowest BCUT2D eigenvalue weighted by molar-refractivity contribution is -0.122. The van der Waals surface area contributed by atoms with E-state index in [0.717, 1.165) is 18.4 Å². The number of benzene rings is 1. The van der Waals surface area contributed by atoms with Crippen molar-refractivity contribution < 1.29 is 9.18 Å². The molecule has 19 heavy (non-hydrogen) atoms. The second-order valence-corrected chi connectivity index (χ2v) is 5.06. The van der Waals surface area contributed by atoms with Gasteiger partial charge in [0.2, 0.25) is 5.91 Å². The summed E-state index contributed by atoms with van der Waals surface area (Å²) in [6.45, 7) is 4.66. The highest BCUT2D eigenvalue weighted by Gasteiger charge is 2.11. The molecule has 2 atom stereocenters. The molecule has 0 aliphatic rings. The molecule has 0 aliphatic heterocycles. The molecule has 0 spiro atoms. The van der Waals surface area contributed by atoms with Crippen molar-refractivity contribution in [1.29, 1.82) is 0 Å². The average molecular weight is 266 g/mol. The third-order valence-corrected chi connectivity index (χ3v) is 3.27. The second kappa shape index (κ2) is 7.89. The van der Waals surface area contributed by atoms with Gasteiger partial charge < -0.3 is 11.1 Å². The standard InChI is InChI=1S/C15H23FN2O/c1-11(9-10-17)3-8-15(19)18-12(2)13-4-6-14(16)7-5-13/h4-7,11-12H,3,8-10,17H2,1-2H3,(H,18,19)/t11?,12-/m0/s1. The van der Waals surface area contributed by atoms with Crippen LogP contribution in [0.25, 0.3) is 0 Å². The number of carbonyl (C=O) groups is 1. The number of carbonyl (C=O) groups excluding carboxylic acids is 1. The van der Waals surface area contributed by atoms with Crippen molar-refractivity contribution in [1.82, 2.24) is 5.32 Å². The van der Waals surface area contributed by atoms with Crippen molar-refractivity contribution in [3.8, 4) is 0 Å². The van der Waals surface area contributed by atoms with E-state index in [4.69, 9.17) is 5.73 Å². The van der Waals surface area contributed by atoms with Crippen LogP contribution in [0.15, 0.2) is 24.3 Å². The first-order chi connectivity index (χ1) is 9.02. The molecule has 0 fully saturated rings. The highest BCUT2D eigenvalue weighted by molar-refractivity contribution is 5.76. The highest BCUT2D eigenvalue weighted by atomic mass is 19.1. The quantitative estimate of drug-likeness (QED) is 0.797. The Labute approximate surface area is 114 Å². The van der Waals surface area contributed by atoms with E-state index in [0.29, 0.717) is 18.9 Å². The van der Waals surface area contributed by atoms with E-state index in [2.05, 4.69) is 12.2 Å². The smallest absolute Gasteiger partial charge is 0.220 e. The number of halogens is 1. The molecule has 1 aromatic rings. The summed E-state index contributed by atoms with van der Waals surface area (Å²) in [6.07, 6.45) is 2.30. The van der Waals surface area contributed by atoms with E-state index in [9.17, 15) is 9.18 Å². The second-order valence-electron chi connectivity index (χ2n) is 5.06. The molecule has 0 bridgehead atoms.